The second-order valence-corrected chi connectivity index (χ2v) is 7.67. The molecule has 3 aromatic rings. The number of para-hydroxylation sites is 1. The predicted octanol–water partition coefficient (Wildman–Crippen LogP) is 3.38. The summed E-state index contributed by atoms with van der Waals surface area (Å²) in [5.41, 5.74) is 4.23. The summed E-state index contributed by atoms with van der Waals surface area (Å²) in [7, 11) is 3.33. The third-order valence-corrected chi connectivity index (χ3v) is 5.93. The van der Waals surface area contributed by atoms with Crippen LogP contribution in [0.25, 0.3) is 5.65 Å². The Morgan fingerprint density at radius 3 is 2.79 bits per heavy atom. The van der Waals surface area contributed by atoms with Crippen molar-refractivity contribution in [1.82, 2.24) is 19.5 Å². The zero-order valence-electron chi connectivity index (χ0n) is 17.5. The standard InChI is InChI=1S/C22H28N4O3/c1-14-15(2)23-20-12-17(24-26(20)22(14)27)18-9-5-6-11-25(18)13-16-8-7-10-19(28-3)21(16)29-4/h7-8,10,12,18,24H,5-6,9,11,13H2,1-4H3. The molecule has 7 nitrogen and oxygen atoms in total. The van der Waals surface area contributed by atoms with Crippen molar-refractivity contribution in [3.8, 4) is 11.5 Å². The van der Waals surface area contributed by atoms with Gasteiger partial charge in [-0.25, -0.2) is 9.50 Å². The highest BCUT2D eigenvalue weighted by Crippen LogP contribution is 2.36. The maximum absolute atomic E-state index is 12.6. The van der Waals surface area contributed by atoms with Gasteiger partial charge < -0.3 is 9.47 Å². The molecule has 1 N–H and O–H groups in total. The second kappa shape index (κ2) is 7.91. The smallest absolute Gasteiger partial charge is 0.275 e. The molecule has 4 rings (SSSR count). The summed E-state index contributed by atoms with van der Waals surface area (Å²) in [4.78, 5) is 19.6. The third-order valence-electron chi connectivity index (χ3n) is 5.93. The van der Waals surface area contributed by atoms with Crippen molar-refractivity contribution in [1.29, 1.82) is 0 Å². The summed E-state index contributed by atoms with van der Waals surface area (Å²) in [6, 6.07) is 8.20. The summed E-state index contributed by atoms with van der Waals surface area (Å²) >= 11 is 0. The predicted molar refractivity (Wildman–Crippen MR) is 112 cm³/mol. The van der Waals surface area contributed by atoms with Gasteiger partial charge in [-0.3, -0.25) is 14.8 Å². The minimum absolute atomic E-state index is 0.0319. The fourth-order valence-electron chi connectivity index (χ4n) is 4.24. The minimum atomic E-state index is -0.0319. The largest absolute Gasteiger partial charge is 0.493 e. The van der Waals surface area contributed by atoms with Gasteiger partial charge in [-0.05, 0) is 39.3 Å². The maximum atomic E-state index is 12.6. The van der Waals surface area contributed by atoms with E-state index in [-0.39, 0.29) is 11.6 Å². The molecule has 154 valence electrons. The molecule has 2 aromatic heterocycles. The van der Waals surface area contributed by atoms with Crippen molar-refractivity contribution in [2.24, 2.45) is 0 Å². The van der Waals surface area contributed by atoms with E-state index in [0.717, 1.165) is 60.8 Å². The first kappa shape index (κ1) is 19.5. The number of H-pyrrole nitrogens is 1. The molecule has 0 bridgehead atoms. The van der Waals surface area contributed by atoms with Gasteiger partial charge >= 0.3 is 0 Å². The summed E-state index contributed by atoms with van der Waals surface area (Å²) in [5.74, 6) is 1.52. The van der Waals surface area contributed by atoms with Crippen molar-refractivity contribution >= 4 is 5.65 Å². The molecule has 0 spiro atoms. The highest BCUT2D eigenvalue weighted by molar-refractivity contribution is 5.47. The molecule has 3 heterocycles. The van der Waals surface area contributed by atoms with Gasteiger partial charge in [-0.2, -0.15) is 0 Å². The lowest BCUT2D eigenvalue weighted by molar-refractivity contribution is 0.135. The lowest BCUT2D eigenvalue weighted by Gasteiger charge is -2.35. The molecule has 1 aliphatic rings. The molecule has 1 saturated heterocycles. The van der Waals surface area contributed by atoms with Crippen LogP contribution in [0.1, 0.15) is 47.8 Å². The Morgan fingerprint density at radius 2 is 2.03 bits per heavy atom. The number of methoxy groups -OCH3 is 2. The van der Waals surface area contributed by atoms with Gasteiger partial charge in [0.15, 0.2) is 17.1 Å². The van der Waals surface area contributed by atoms with Gasteiger partial charge in [0.1, 0.15) is 0 Å². The van der Waals surface area contributed by atoms with E-state index in [4.69, 9.17) is 9.47 Å². The number of nitrogens with one attached hydrogen (secondary N) is 1. The first-order valence-corrected chi connectivity index (χ1v) is 10.1. The molecule has 0 radical (unpaired) electrons. The van der Waals surface area contributed by atoms with Crippen molar-refractivity contribution in [3.05, 3.63) is 57.1 Å². The van der Waals surface area contributed by atoms with Crippen LogP contribution in [0.5, 0.6) is 11.5 Å². The van der Waals surface area contributed by atoms with Crippen LogP contribution >= 0.6 is 0 Å². The van der Waals surface area contributed by atoms with Crippen LogP contribution in [0.15, 0.2) is 29.1 Å². The van der Waals surface area contributed by atoms with E-state index in [1.807, 2.05) is 32.0 Å². The van der Waals surface area contributed by atoms with E-state index in [0.29, 0.717) is 11.2 Å². The normalized spacial score (nSPS) is 17.6. The highest BCUT2D eigenvalue weighted by Gasteiger charge is 2.27. The van der Waals surface area contributed by atoms with Crippen molar-refractivity contribution in [2.75, 3.05) is 20.8 Å². The highest BCUT2D eigenvalue weighted by atomic mass is 16.5. The monoisotopic (exact) mass is 396 g/mol. The number of benzene rings is 1. The Hall–Kier alpha value is -2.80. The number of ether oxygens (including phenoxy) is 2. The number of aromatic nitrogens is 3. The topological polar surface area (TPSA) is 71.9 Å². The number of piperidine rings is 1. The zero-order valence-corrected chi connectivity index (χ0v) is 17.5. The number of rotatable bonds is 5. The van der Waals surface area contributed by atoms with Crippen LogP contribution < -0.4 is 15.0 Å². The van der Waals surface area contributed by atoms with Crippen molar-refractivity contribution in [3.63, 3.8) is 0 Å². The second-order valence-electron chi connectivity index (χ2n) is 7.67. The van der Waals surface area contributed by atoms with Crippen LogP contribution in [0, 0.1) is 13.8 Å². The summed E-state index contributed by atoms with van der Waals surface area (Å²) in [6.07, 6.45) is 3.34. The van der Waals surface area contributed by atoms with Crippen LogP contribution in [0.2, 0.25) is 0 Å². The number of nitrogens with zero attached hydrogens (tertiary/aromatic N) is 3. The van der Waals surface area contributed by atoms with Crippen molar-refractivity contribution in [2.45, 2.75) is 45.7 Å². The van der Waals surface area contributed by atoms with E-state index in [2.05, 4.69) is 21.0 Å². The van der Waals surface area contributed by atoms with Gasteiger partial charge in [-0.15, -0.1) is 0 Å². The Bertz CT molecular complexity index is 1090. The molecule has 0 amide bonds. The first-order valence-electron chi connectivity index (χ1n) is 10.1. The number of hydrogen-bond donors (Lipinski definition) is 1. The molecule has 0 aliphatic carbocycles. The SMILES string of the molecule is COc1cccc(CN2CCCCC2c2cc3nc(C)c(C)c(=O)n3[nH]2)c1OC. The van der Waals surface area contributed by atoms with E-state index >= 15 is 0 Å². The molecular weight excluding hydrogens is 368 g/mol. The lowest BCUT2D eigenvalue weighted by Crippen LogP contribution is -2.33. The molecular formula is C22H28N4O3. The fraction of sp³-hybridized carbons (Fsp3) is 0.455. The number of aromatic amines is 1. The van der Waals surface area contributed by atoms with Crippen LogP contribution in [-0.4, -0.2) is 40.3 Å². The van der Waals surface area contributed by atoms with E-state index < -0.39 is 0 Å². The molecule has 29 heavy (non-hydrogen) atoms. The first-order chi connectivity index (χ1) is 14.0. The Morgan fingerprint density at radius 1 is 1.21 bits per heavy atom. The van der Waals surface area contributed by atoms with Crippen LogP contribution in [-0.2, 0) is 6.54 Å². The quantitative estimate of drug-likeness (QED) is 0.716. The Kier molecular flexibility index (Phi) is 5.32. The molecule has 1 unspecified atom stereocenters. The number of aryl methyl sites for hydroxylation is 1. The molecule has 1 aliphatic heterocycles. The lowest BCUT2D eigenvalue weighted by atomic mass is 9.98. The van der Waals surface area contributed by atoms with Gasteiger partial charge in [0.05, 0.1) is 26.0 Å². The van der Waals surface area contributed by atoms with Gasteiger partial charge in [0.2, 0.25) is 0 Å². The minimum Gasteiger partial charge on any atom is -0.493 e. The molecule has 1 atom stereocenters. The van der Waals surface area contributed by atoms with Gasteiger partial charge in [-0.1, -0.05) is 18.6 Å². The summed E-state index contributed by atoms with van der Waals surface area (Å²) in [5, 5.41) is 3.31. The summed E-state index contributed by atoms with van der Waals surface area (Å²) in [6.45, 7) is 5.44. The maximum Gasteiger partial charge on any atom is 0.275 e. The van der Waals surface area contributed by atoms with Gasteiger partial charge in [0, 0.05) is 29.4 Å². The van der Waals surface area contributed by atoms with Crippen LogP contribution in [0.3, 0.4) is 0 Å². The molecule has 7 heteroatoms. The summed E-state index contributed by atoms with van der Waals surface area (Å²) < 4.78 is 12.6. The average Bonchev–Trinajstić information content (AvgIpc) is 3.16. The fourth-order valence-corrected chi connectivity index (χ4v) is 4.24. The third kappa shape index (κ3) is 3.51. The van der Waals surface area contributed by atoms with E-state index in [1.54, 1.807) is 18.7 Å². The average molecular weight is 396 g/mol. The van der Waals surface area contributed by atoms with E-state index in [9.17, 15) is 4.79 Å². The van der Waals surface area contributed by atoms with Gasteiger partial charge in [0.25, 0.3) is 5.56 Å². The molecule has 1 fully saturated rings. The zero-order chi connectivity index (χ0) is 20.5. The number of likely N-dealkylation sites (tertiary alicyclic amines) is 1. The van der Waals surface area contributed by atoms with E-state index in [1.165, 1.54) is 0 Å². The Balaban J connectivity index is 1.70. The van der Waals surface area contributed by atoms with Crippen LogP contribution in [0.4, 0.5) is 0 Å². The molecule has 1 aromatic carbocycles. The number of fused-ring (bicyclic) bond motifs is 1. The molecule has 0 saturated carbocycles. The van der Waals surface area contributed by atoms with Crippen molar-refractivity contribution < 1.29 is 9.47 Å². The number of hydrogen-bond acceptors (Lipinski definition) is 5. The Labute approximate surface area is 170 Å².